The predicted molar refractivity (Wildman–Crippen MR) is 85.1 cm³/mol. The van der Waals surface area contributed by atoms with Gasteiger partial charge >= 0.3 is 24.2 Å². The fourth-order valence-electron chi connectivity index (χ4n) is 1.39. The lowest BCUT2D eigenvalue weighted by Crippen LogP contribution is -2.12. The molecule has 0 bridgehead atoms. The van der Waals surface area contributed by atoms with Crippen molar-refractivity contribution in [2.24, 2.45) is 0 Å². The first kappa shape index (κ1) is 23.0. The molecule has 0 unspecified atom stereocenters. The van der Waals surface area contributed by atoms with Gasteiger partial charge in [-0.1, -0.05) is 12.2 Å². The summed E-state index contributed by atoms with van der Waals surface area (Å²) in [5, 5.41) is 0. The zero-order chi connectivity index (χ0) is 19.6. The number of unbranched alkanes of at least 4 members (excludes halogenated alkanes) is 3. The van der Waals surface area contributed by atoms with Crippen LogP contribution in [-0.2, 0) is 38.6 Å². The third-order valence-electron chi connectivity index (χ3n) is 2.47. The van der Waals surface area contributed by atoms with Crippen LogP contribution in [0.2, 0.25) is 0 Å². The van der Waals surface area contributed by atoms with E-state index in [1.807, 2.05) is 0 Å². The smallest absolute Gasteiger partial charge is 0.432 e. The maximum absolute atomic E-state index is 11.1. The zero-order valence-corrected chi connectivity index (χ0v) is 14.6. The van der Waals surface area contributed by atoms with Crippen LogP contribution in [0, 0.1) is 0 Å². The van der Waals surface area contributed by atoms with Gasteiger partial charge in [0, 0.05) is 12.2 Å². The Hall–Kier alpha value is -3.04. The Bertz CT molecular complexity index is 463. The maximum atomic E-state index is 11.1. The standard InChI is InChI=1S/C16H22O10/c1-3-9-13(17)23-25-15(19)21-11-7-5-6-8-12-22-16(20)26-24-14(18)10-4-2/h3-4,9-10H,5-8,11-12H2,1-2H3/b9-3+,10-4+. The van der Waals surface area contributed by atoms with Crippen LogP contribution in [0.15, 0.2) is 24.3 Å². The number of hydrogen-bond donors (Lipinski definition) is 0. The highest BCUT2D eigenvalue weighted by Crippen LogP contribution is 2.02. The molecule has 0 aromatic rings. The summed E-state index contributed by atoms with van der Waals surface area (Å²) in [5.41, 5.74) is 0. The average Bonchev–Trinajstić information content (AvgIpc) is 2.61. The van der Waals surface area contributed by atoms with Crippen molar-refractivity contribution in [3.63, 3.8) is 0 Å². The van der Waals surface area contributed by atoms with E-state index in [0.717, 1.165) is 12.2 Å². The monoisotopic (exact) mass is 374 g/mol. The van der Waals surface area contributed by atoms with Gasteiger partial charge < -0.3 is 9.47 Å². The molecule has 0 saturated heterocycles. The highest BCUT2D eigenvalue weighted by atomic mass is 17.2. The number of carbonyl (C=O) groups excluding carboxylic acids is 4. The number of ether oxygens (including phenoxy) is 2. The number of hydrogen-bond acceptors (Lipinski definition) is 10. The normalized spacial score (nSPS) is 10.4. The minimum atomic E-state index is -1.11. The van der Waals surface area contributed by atoms with Crippen molar-refractivity contribution in [3.05, 3.63) is 24.3 Å². The second-order valence-electron chi connectivity index (χ2n) is 4.58. The molecule has 0 spiro atoms. The molecule has 0 atom stereocenters. The molecule has 26 heavy (non-hydrogen) atoms. The van der Waals surface area contributed by atoms with Gasteiger partial charge in [0.2, 0.25) is 0 Å². The summed E-state index contributed by atoms with van der Waals surface area (Å²) in [6, 6.07) is 0. The van der Waals surface area contributed by atoms with E-state index in [1.54, 1.807) is 13.8 Å². The zero-order valence-electron chi connectivity index (χ0n) is 14.6. The van der Waals surface area contributed by atoms with Crippen LogP contribution in [0.25, 0.3) is 0 Å². The summed E-state index contributed by atoms with van der Waals surface area (Å²) in [6.45, 7) is 3.38. The molecule has 0 amide bonds. The third-order valence-corrected chi connectivity index (χ3v) is 2.47. The van der Waals surface area contributed by atoms with Gasteiger partial charge in [-0.05, 0) is 39.5 Å². The highest BCUT2D eigenvalue weighted by Gasteiger charge is 2.09. The Morgan fingerprint density at radius 3 is 1.35 bits per heavy atom. The molecule has 0 N–H and O–H groups in total. The lowest BCUT2D eigenvalue weighted by molar-refractivity contribution is -0.238. The summed E-state index contributed by atoms with van der Waals surface area (Å²) in [6.07, 6.45) is 5.28. The first-order valence-corrected chi connectivity index (χ1v) is 7.85. The van der Waals surface area contributed by atoms with Crippen LogP contribution < -0.4 is 0 Å². The maximum Gasteiger partial charge on any atom is 0.549 e. The quantitative estimate of drug-likeness (QED) is 0.195. The van der Waals surface area contributed by atoms with Crippen LogP contribution >= 0.6 is 0 Å². The van der Waals surface area contributed by atoms with Crippen molar-refractivity contribution in [2.45, 2.75) is 39.5 Å². The summed E-state index contributed by atoms with van der Waals surface area (Å²) in [4.78, 5) is 60.3. The van der Waals surface area contributed by atoms with Crippen molar-refractivity contribution in [1.82, 2.24) is 0 Å². The molecule has 0 radical (unpaired) electrons. The van der Waals surface area contributed by atoms with Gasteiger partial charge in [0.25, 0.3) is 0 Å². The predicted octanol–water partition coefficient (Wildman–Crippen LogP) is 2.92. The molecule has 0 aliphatic heterocycles. The molecule has 146 valence electrons. The van der Waals surface area contributed by atoms with Gasteiger partial charge in [-0.2, -0.15) is 9.59 Å². The largest absolute Gasteiger partial charge is 0.549 e. The molecule has 0 rings (SSSR count). The third kappa shape index (κ3) is 14.5. The van der Waals surface area contributed by atoms with E-state index in [2.05, 4.69) is 29.0 Å². The van der Waals surface area contributed by atoms with Crippen molar-refractivity contribution in [1.29, 1.82) is 0 Å². The van der Waals surface area contributed by atoms with Gasteiger partial charge in [0.05, 0.1) is 13.2 Å². The highest BCUT2D eigenvalue weighted by molar-refractivity contribution is 5.82. The van der Waals surface area contributed by atoms with Crippen LogP contribution in [0.5, 0.6) is 0 Å². The molecular weight excluding hydrogens is 352 g/mol. The Balaban J connectivity index is 3.48. The van der Waals surface area contributed by atoms with Crippen molar-refractivity contribution < 1.29 is 48.2 Å². The summed E-state index contributed by atoms with van der Waals surface area (Å²) in [7, 11) is 0. The molecular formula is C16H22O10. The molecule has 0 aliphatic carbocycles. The van der Waals surface area contributed by atoms with Crippen LogP contribution in [0.3, 0.4) is 0 Å². The summed E-state index contributed by atoms with van der Waals surface area (Å²) < 4.78 is 9.34. The number of allylic oxidation sites excluding steroid dienone is 2. The Labute approximate surface area is 150 Å². The molecule has 0 saturated carbocycles. The second-order valence-corrected chi connectivity index (χ2v) is 4.58. The number of carbonyl (C=O) groups is 4. The van der Waals surface area contributed by atoms with Crippen LogP contribution in [-0.4, -0.2) is 37.5 Å². The Morgan fingerprint density at radius 2 is 1.00 bits per heavy atom. The van der Waals surface area contributed by atoms with E-state index >= 15 is 0 Å². The van der Waals surface area contributed by atoms with Crippen molar-refractivity contribution in [2.75, 3.05) is 13.2 Å². The minimum Gasteiger partial charge on any atom is -0.432 e. The van der Waals surface area contributed by atoms with E-state index in [0.29, 0.717) is 25.7 Å². The Morgan fingerprint density at radius 1 is 0.615 bits per heavy atom. The lowest BCUT2D eigenvalue weighted by Gasteiger charge is -2.05. The van der Waals surface area contributed by atoms with E-state index in [4.69, 9.17) is 0 Å². The molecule has 0 heterocycles. The summed E-state index contributed by atoms with van der Waals surface area (Å²) >= 11 is 0. The van der Waals surface area contributed by atoms with Crippen LogP contribution in [0.4, 0.5) is 9.59 Å². The Kier molecular flexibility index (Phi) is 13.7. The topological polar surface area (TPSA) is 124 Å². The summed E-state index contributed by atoms with van der Waals surface area (Å²) in [5.74, 6) is -1.64. The fourth-order valence-corrected chi connectivity index (χ4v) is 1.39. The molecule has 10 heteroatoms. The van der Waals surface area contributed by atoms with E-state index < -0.39 is 24.2 Å². The molecule has 0 aromatic heterocycles. The van der Waals surface area contributed by atoms with Crippen molar-refractivity contribution in [3.8, 4) is 0 Å². The minimum absolute atomic E-state index is 0.0871. The first-order chi connectivity index (χ1) is 12.5. The SMILES string of the molecule is C/C=C/C(=O)OOC(=O)OCCCCCCOC(=O)OOC(=O)/C=C/C. The van der Waals surface area contributed by atoms with Gasteiger partial charge in [-0.15, -0.1) is 0 Å². The van der Waals surface area contributed by atoms with E-state index in [1.165, 1.54) is 12.2 Å². The van der Waals surface area contributed by atoms with E-state index in [9.17, 15) is 19.2 Å². The average molecular weight is 374 g/mol. The number of rotatable bonds is 9. The first-order valence-electron chi connectivity index (χ1n) is 7.85. The van der Waals surface area contributed by atoms with Gasteiger partial charge in [-0.25, -0.2) is 29.1 Å². The van der Waals surface area contributed by atoms with E-state index in [-0.39, 0.29) is 13.2 Å². The van der Waals surface area contributed by atoms with Gasteiger partial charge in [0.1, 0.15) is 0 Å². The van der Waals surface area contributed by atoms with Crippen LogP contribution in [0.1, 0.15) is 39.5 Å². The lowest BCUT2D eigenvalue weighted by atomic mass is 10.2. The van der Waals surface area contributed by atoms with Crippen molar-refractivity contribution >= 4 is 24.2 Å². The molecule has 0 aromatic carbocycles. The van der Waals surface area contributed by atoms with Gasteiger partial charge in [0.15, 0.2) is 0 Å². The molecule has 10 nitrogen and oxygen atoms in total. The fraction of sp³-hybridized carbons (Fsp3) is 0.500. The molecule has 0 aliphatic rings. The second kappa shape index (κ2) is 15.5. The molecule has 0 fully saturated rings. The van der Waals surface area contributed by atoms with Gasteiger partial charge in [-0.3, -0.25) is 0 Å².